The van der Waals surface area contributed by atoms with Crippen molar-refractivity contribution in [3.63, 3.8) is 0 Å². The lowest BCUT2D eigenvalue weighted by atomic mass is 10.2. The summed E-state index contributed by atoms with van der Waals surface area (Å²) in [4.78, 5) is 19.0. The van der Waals surface area contributed by atoms with Gasteiger partial charge in [-0.3, -0.25) is 4.98 Å². The molecule has 104 valence electrons. The Balaban J connectivity index is 1.82. The molecule has 0 bridgehead atoms. The second-order valence-corrected chi connectivity index (χ2v) is 4.80. The zero-order valence-electron chi connectivity index (χ0n) is 10.9. The van der Waals surface area contributed by atoms with Crippen LogP contribution in [0, 0.1) is 0 Å². The van der Waals surface area contributed by atoms with Crippen molar-refractivity contribution in [3.05, 3.63) is 41.2 Å². The third-order valence-corrected chi connectivity index (χ3v) is 3.19. The molecular weight excluding hydrogens is 278 g/mol. The Hall–Kier alpha value is -1.79. The average Bonchev–Trinajstić information content (AvgIpc) is 2.49. The van der Waals surface area contributed by atoms with Gasteiger partial charge in [0, 0.05) is 31.9 Å². The maximum Gasteiger partial charge on any atom is 0.230 e. The zero-order valence-corrected chi connectivity index (χ0v) is 11.6. The lowest BCUT2D eigenvalue weighted by molar-refractivity contribution is 0.122. The fraction of sp³-hybridized carbons (Fsp3) is 0.385. The maximum absolute atomic E-state index is 6.00. The van der Waals surface area contributed by atoms with E-state index < -0.39 is 0 Å². The average molecular weight is 292 g/mol. The number of rotatable bonds is 3. The van der Waals surface area contributed by atoms with Gasteiger partial charge < -0.3 is 9.64 Å². The van der Waals surface area contributed by atoms with Crippen molar-refractivity contribution < 1.29 is 4.74 Å². The van der Waals surface area contributed by atoms with Crippen LogP contribution >= 0.6 is 11.6 Å². The highest BCUT2D eigenvalue weighted by Gasteiger charge is 2.16. The van der Waals surface area contributed by atoms with E-state index in [0.717, 1.165) is 18.7 Å². The van der Waals surface area contributed by atoms with E-state index in [0.29, 0.717) is 31.4 Å². The van der Waals surface area contributed by atoms with Crippen LogP contribution in [-0.2, 0) is 11.2 Å². The van der Waals surface area contributed by atoms with Gasteiger partial charge >= 0.3 is 0 Å². The molecule has 0 amide bonds. The van der Waals surface area contributed by atoms with Crippen molar-refractivity contribution >= 4 is 17.5 Å². The number of hydrogen-bond acceptors (Lipinski definition) is 6. The first-order chi connectivity index (χ1) is 9.81. The van der Waals surface area contributed by atoms with E-state index in [4.69, 9.17) is 16.3 Å². The summed E-state index contributed by atoms with van der Waals surface area (Å²) in [5, 5.41) is 0.223. The molecule has 6 nitrogen and oxygen atoms in total. The number of nitrogens with zero attached hydrogens (tertiary/aromatic N) is 5. The SMILES string of the molecule is Clc1nc(Cc2cccnc2)nc(N2CCOCC2)n1. The quantitative estimate of drug-likeness (QED) is 0.850. The van der Waals surface area contributed by atoms with Crippen LogP contribution in [0.1, 0.15) is 11.4 Å². The number of halogens is 1. The van der Waals surface area contributed by atoms with Crippen LogP contribution in [0.25, 0.3) is 0 Å². The molecule has 0 radical (unpaired) electrons. The molecule has 0 N–H and O–H groups in total. The monoisotopic (exact) mass is 291 g/mol. The van der Waals surface area contributed by atoms with Crippen molar-refractivity contribution in [2.45, 2.75) is 6.42 Å². The van der Waals surface area contributed by atoms with Gasteiger partial charge in [0.1, 0.15) is 5.82 Å². The Morgan fingerprint density at radius 1 is 1.20 bits per heavy atom. The zero-order chi connectivity index (χ0) is 13.8. The topological polar surface area (TPSA) is 64.0 Å². The van der Waals surface area contributed by atoms with E-state index in [2.05, 4.69) is 24.8 Å². The van der Waals surface area contributed by atoms with Crippen LogP contribution < -0.4 is 4.90 Å². The number of aromatic nitrogens is 4. The van der Waals surface area contributed by atoms with Crippen molar-refractivity contribution in [1.29, 1.82) is 0 Å². The van der Waals surface area contributed by atoms with Crippen LogP contribution in [0.15, 0.2) is 24.5 Å². The summed E-state index contributed by atoms with van der Waals surface area (Å²) in [6.45, 7) is 2.90. The van der Waals surface area contributed by atoms with Gasteiger partial charge in [0.25, 0.3) is 0 Å². The first-order valence-electron chi connectivity index (χ1n) is 6.43. The molecule has 1 fully saturated rings. The normalized spacial score (nSPS) is 15.3. The molecule has 0 aromatic carbocycles. The fourth-order valence-electron chi connectivity index (χ4n) is 2.05. The van der Waals surface area contributed by atoms with Crippen LogP contribution in [0.4, 0.5) is 5.95 Å². The Morgan fingerprint density at radius 3 is 2.80 bits per heavy atom. The minimum Gasteiger partial charge on any atom is -0.378 e. The lowest BCUT2D eigenvalue weighted by Crippen LogP contribution is -2.37. The number of anilines is 1. The van der Waals surface area contributed by atoms with E-state index in [1.54, 1.807) is 12.4 Å². The molecule has 2 aromatic heterocycles. The lowest BCUT2D eigenvalue weighted by Gasteiger charge is -2.26. The third kappa shape index (κ3) is 3.20. The second-order valence-electron chi connectivity index (χ2n) is 4.46. The highest BCUT2D eigenvalue weighted by atomic mass is 35.5. The Kier molecular flexibility index (Phi) is 4.03. The molecule has 0 unspecified atom stereocenters. The number of ether oxygens (including phenoxy) is 1. The predicted octanol–water partition coefficient (Wildman–Crippen LogP) is 1.35. The number of morpholine rings is 1. The van der Waals surface area contributed by atoms with Gasteiger partial charge in [0.2, 0.25) is 11.2 Å². The second kappa shape index (κ2) is 6.11. The fourth-order valence-corrected chi connectivity index (χ4v) is 2.22. The molecule has 20 heavy (non-hydrogen) atoms. The first kappa shape index (κ1) is 13.2. The Morgan fingerprint density at radius 2 is 2.05 bits per heavy atom. The van der Waals surface area contributed by atoms with Crippen molar-refractivity contribution in [1.82, 2.24) is 19.9 Å². The highest BCUT2D eigenvalue weighted by molar-refractivity contribution is 6.28. The number of pyridine rings is 1. The highest BCUT2D eigenvalue weighted by Crippen LogP contribution is 2.14. The van der Waals surface area contributed by atoms with Gasteiger partial charge in [0.15, 0.2) is 0 Å². The van der Waals surface area contributed by atoms with Crippen molar-refractivity contribution in [2.75, 3.05) is 31.2 Å². The molecule has 7 heteroatoms. The van der Waals surface area contributed by atoms with E-state index in [1.807, 2.05) is 12.1 Å². The van der Waals surface area contributed by atoms with Crippen molar-refractivity contribution in [3.8, 4) is 0 Å². The molecule has 3 heterocycles. The standard InChI is InChI=1S/C13H14ClN5O/c14-12-16-11(8-10-2-1-3-15-9-10)17-13(18-12)19-4-6-20-7-5-19/h1-3,9H,4-8H2. The molecule has 2 aromatic rings. The molecule has 0 saturated carbocycles. The smallest absolute Gasteiger partial charge is 0.230 e. The molecule has 1 aliphatic heterocycles. The van der Waals surface area contributed by atoms with E-state index >= 15 is 0 Å². The van der Waals surface area contributed by atoms with Crippen molar-refractivity contribution in [2.24, 2.45) is 0 Å². The molecule has 3 rings (SSSR count). The Labute approximate surface area is 121 Å². The van der Waals surface area contributed by atoms with E-state index in [-0.39, 0.29) is 5.28 Å². The molecule has 1 aliphatic rings. The molecule has 0 aliphatic carbocycles. The minimum absolute atomic E-state index is 0.223. The molecule has 0 atom stereocenters. The van der Waals surface area contributed by atoms with E-state index in [9.17, 15) is 0 Å². The van der Waals surface area contributed by atoms with Gasteiger partial charge in [-0.15, -0.1) is 0 Å². The van der Waals surface area contributed by atoms with Gasteiger partial charge in [-0.25, -0.2) is 4.98 Å². The third-order valence-electron chi connectivity index (χ3n) is 3.02. The predicted molar refractivity (Wildman–Crippen MR) is 74.9 cm³/mol. The minimum atomic E-state index is 0.223. The van der Waals surface area contributed by atoms with Gasteiger partial charge in [-0.05, 0) is 23.2 Å². The van der Waals surface area contributed by atoms with Crippen LogP contribution in [0.3, 0.4) is 0 Å². The van der Waals surface area contributed by atoms with Crippen LogP contribution in [0.5, 0.6) is 0 Å². The van der Waals surface area contributed by atoms with Crippen LogP contribution in [0.2, 0.25) is 5.28 Å². The molecule has 0 spiro atoms. The summed E-state index contributed by atoms with van der Waals surface area (Å²) in [5.74, 6) is 1.27. The summed E-state index contributed by atoms with van der Waals surface area (Å²) in [5.41, 5.74) is 1.04. The summed E-state index contributed by atoms with van der Waals surface area (Å²) in [6.07, 6.45) is 4.13. The summed E-state index contributed by atoms with van der Waals surface area (Å²) in [7, 11) is 0. The Bertz CT molecular complexity index is 574. The summed E-state index contributed by atoms with van der Waals surface area (Å²) >= 11 is 6.00. The van der Waals surface area contributed by atoms with Gasteiger partial charge in [0.05, 0.1) is 13.2 Å². The molecular formula is C13H14ClN5O. The van der Waals surface area contributed by atoms with E-state index in [1.165, 1.54) is 0 Å². The summed E-state index contributed by atoms with van der Waals surface area (Å²) in [6, 6.07) is 3.88. The largest absolute Gasteiger partial charge is 0.378 e. The van der Waals surface area contributed by atoms with Gasteiger partial charge in [-0.1, -0.05) is 6.07 Å². The number of hydrogen-bond donors (Lipinski definition) is 0. The molecule has 1 saturated heterocycles. The summed E-state index contributed by atoms with van der Waals surface area (Å²) < 4.78 is 5.32. The van der Waals surface area contributed by atoms with Gasteiger partial charge in [-0.2, -0.15) is 9.97 Å². The maximum atomic E-state index is 6.00. The first-order valence-corrected chi connectivity index (χ1v) is 6.81. The van der Waals surface area contributed by atoms with Crippen LogP contribution in [-0.4, -0.2) is 46.2 Å².